The second-order valence-corrected chi connectivity index (χ2v) is 10.7. The highest BCUT2D eigenvalue weighted by Gasteiger charge is 2.48. The van der Waals surface area contributed by atoms with E-state index in [0.717, 1.165) is 47.5 Å². The largest absolute Gasteiger partial charge is 0.451 e. The van der Waals surface area contributed by atoms with Crippen molar-refractivity contribution in [3.05, 3.63) is 65.8 Å². The van der Waals surface area contributed by atoms with Gasteiger partial charge in [-0.05, 0) is 37.6 Å². The Hall–Kier alpha value is -3.40. The zero-order valence-corrected chi connectivity index (χ0v) is 20.8. The Balaban J connectivity index is 1.55. The molecule has 8 nitrogen and oxygen atoms in total. The molecule has 2 aromatic heterocycles. The molecule has 0 aliphatic carbocycles. The molecular formula is C23H20F7N5O3S. The zero-order valence-electron chi connectivity index (χ0n) is 20.0. The molecule has 0 spiro atoms. The molecule has 0 radical (unpaired) electrons. The van der Waals surface area contributed by atoms with Gasteiger partial charge >= 0.3 is 6.18 Å². The first kappa shape index (κ1) is 28.6. The highest BCUT2D eigenvalue weighted by molar-refractivity contribution is 7.89. The minimum absolute atomic E-state index is 0.131. The lowest BCUT2D eigenvalue weighted by Gasteiger charge is -2.26. The van der Waals surface area contributed by atoms with Gasteiger partial charge in [0.25, 0.3) is 6.43 Å². The standard InChI is InChI=1S/C23H20F7N5O3S/c1-12-17(25)8-18(35(12)39(37,38)16-5-3-14(24)4-6-16)19(36)7-2-13-11-34(33-20(13)21(26)27)15-9-31-22(32-10-15)23(28,29)30/h3-6,9-12,17-18,21H,2,7-8H2,1H3/t12-,17+,18-/m0/s1. The first-order valence-electron chi connectivity index (χ1n) is 11.4. The highest BCUT2D eigenvalue weighted by atomic mass is 32.2. The Labute approximate surface area is 217 Å². The van der Waals surface area contributed by atoms with Crippen molar-refractivity contribution in [2.75, 3.05) is 0 Å². The third-order valence-corrected chi connectivity index (χ3v) is 8.28. The minimum atomic E-state index is -4.81. The molecule has 16 heteroatoms. The van der Waals surface area contributed by atoms with Gasteiger partial charge in [-0.3, -0.25) is 4.79 Å². The van der Waals surface area contributed by atoms with E-state index in [4.69, 9.17) is 0 Å². The second-order valence-electron chi connectivity index (χ2n) is 8.81. The molecule has 1 aliphatic heterocycles. The Morgan fingerprint density at radius 3 is 2.31 bits per heavy atom. The van der Waals surface area contributed by atoms with Crippen LogP contribution in [-0.4, -0.2) is 56.5 Å². The topological polar surface area (TPSA) is 98.1 Å². The van der Waals surface area contributed by atoms with Gasteiger partial charge in [-0.2, -0.15) is 22.6 Å². The molecule has 3 heterocycles. The van der Waals surface area contributed by atoms with Crippen LogP contribution in [0.5, 0.6) is 0 Å². The van der Waals surface area contributed by atoms with E-state index in [9.17, 15) is 43.9 Å². The SMILES string of the molecule is C[C@H]1[C@H](F)C[C@@H](C(=O)CCc2cn(-c3cnc(C(F)(F)F)nc3)nc2C(F)F)N1S(=O)(=O)c1ccc(F)cc1. The predicted octanol–water partition coefficient (Wildman–Crippen LogP) is 4.45. The van der Waals surface area contributed by atoms with E-state index in [1.165, 1.54) is 6.92 Å². The van der Waals surface area contributed by atoms with Gasteiger partial charge in [0, 0.05) is 24.6 Å². The lowest BCUT2D eigenvalue weighted by molar-refractivity contribution is -0.145. The van der Waals surface area contributed by atoms with Crippen molar-refractivity contribution in [1.82, 2.24) is 24.1 Å². The van der Waals surface area contributed by atoms with Crippen LogP contribution in [0.2, 0.25) is 0 Å². The van der Waals surface area contributed by atoms with Crippen LogP contribution in [-0.2, 0) is 27.4 Å². The van der Waals surface area contributed by atoms with Crippen LogP contribution < -0.4 is 0 Å². The van der Waals surface area contributed by atoms with Crippen LogP contribution in [0.3, 0.4) is 0 Å². The van der Waals surface area contributed by atoms with Crippen molar-refractivity contribution >= 4 is 15.8 Å². The van der Waals surface area contributed by atoms with Crippen LogP contribution in [0.4, 0.5) is 30.7 Å². The smallest absolute Gasteiger partial charge is 0.298 e. The monoisotopic (exact) mass is 579 g/mol. The van der Waals surface area contributed by atoms with Crippen LogP contribution in [0.15, 0.2) is 47.8 Å². The maximum Gasteiger partial charge on any atom is 0.451 e. The van der Waals surface area contributed by atoms with E-state index >= 15 is 0 Å². The van der Waals surface area contributed by atoms with Gasteiger partial charge in [0.2, 0.25) is 15.8 Å². The van der Waals surface area contributed by atoms with Crippen molar-refractivity contribution in [3.8, 4) is 5.69 Å². The fourth-order valence-electron chi connectivity index (χ4n) is 4.29. The normalized spacial score (nSPS) is 20.6. The summed E-state index contributed by atoms with van der Waals surface area (Å²) in [4.78, 5) is 19.0. The van der Waals surface area contributed by atoms with E-state index < -0.39 is 76.8 Å². The van der Waals surface area contributed by atoms with Crippen molar-refractivity contribution < 1.29 is 43.9 Å². The number of hydrogen-bond acceptors (Lipinski definition) is 6. The molecule has 0 unspecified atom stereocenters. The van der Waals surface area contributed by atoms with Crippen molar-refractivity contribution in [2.24, 2.45) is 0 Å². The molecule has 3 aromatic rings. The number of carbonyl (C=O) groups is 1. The summed E-state index contributed by atoms with van der Waals surface area (Å²) in [5.41, 5.74) is -1.03. The Morgan fingerprint density at radius 2 is 1.74 bits per heavy atom. The summed E-state index contributed by atoms with van der Waals surface area (Å²) in [5, 5.41) is 3.67. The van der Waals surface area contributed by atoms with Crippen LogP contribution in [0, 0.1) is 5.82 Å². The number of alkyl halides is 6. The second kappa shape index (κ2) is 10.6. The van der Waals surface area contributed by atoms with E-state index in [2.05, 4.69) is 15.1 Å². The molecule has 0 saturated carbocycles. The summed E-state index contributed by atoms with van der Waals surface area (Å²) in [6.45, 7) is 1.28. The molecule has 0 amide bonds. The summed E-state index contributed by atoms with van der Waals surface area (Å²) in [6, 6.07) is 1.13. The first-order chi connectivity index (χ1) is 18.2. The molecule has 4 rings (SSSR count). The van der Waals surface area contributed by atoms with Crippen molar-refractivity contribution in [2.45, 2.75) is 61.9 Å². The van der Waals surface area contributed by atoms with E-state index in [-0.39, 0.29) is 22.6 Å². The van der Waals surface area contributed by atoms with Crippen LogP contribution in [0.25, 0.3) is 5.69 Å². The lowest BCUT2D eigenvalue weighted by Crippen LogP contribution is -2.44. The maximum absolute atomic E-state index is 14.6. The third kappa shape index (κ3) is 5.80. The fraction of sp³-hybridized carbons (Fsp3) is 0.391. The molecule has 1 aromatic carbocycles. The predicted molar refractivity (Wildman–Crippen MR) is 121 cm³/mol. The number of aryl methyl sites for hydroxylation is 1. The van der Waals surface area contributed by atoms with Gasteiger partial charge < -0.3 is 0 Å². The van der Waals surface area contributed by atoms with E-state index in [0.29, 0.717) is 4.31 Å². The Morgan fingerprint density at radius 1 is 1.13 bits per heavy atom. The number of halogens is 7. The number of sulfonamides is 1. The van der Waals surface area contributed by atoms with Gasteiger partial charge in [-0.1, -0.05) is 0 Å². The number of hydrogen-bond donors (Lipinski definition) is 0. The number of ketones is 1. The number of nitrogens with zero attached hydrogens (tertiary/aromatic N) is 5. The average Bonchev–Trinajstić information content (AvgIpc) is 3.44. The quantitative estimate of drug-likeness (QED) is 0.366. The Kier molecular flexibility index (Phi) is 7.80. The molecular weight excluding hydrogens is 559 g/mol. The van der Waals surface area contributed by atoms with Gasteiger partial charge in [0.05, 0.1) is 29.4 Å². The number of aromatic nitrogens is 4. The first-order valence-corrected chi connectivity index (χ1v) is 12.9. The summed E-state index contributed by atoms with van der Waals surface area (Å²) < 4.78 is 121. The zero-order chi connectivity index (χ0) is 28.7. The maximum atomic E-state index is 14.6. The molecule has 1 fully saturated rings. The minimum Gasteiger partial charge on any atom is -0.298 e. The molecule has 3 atom stereocenters. The summed E-state index contributed by atoms with van der Waals surface area (Å²) in [5.74, 6) is -2.87. The molecule has 0 N–H and O–H groups in total. The number of Topliss-reactive ketones (excluding diaryl/α,β-unsaturated/α-hetero) is 1. The van der Waals surface area contributed by atoms with Crippen LogP contribution in [0.1, 0.15) is 43.3 Å². The molecule has 0 bridgehead atoms. The van der Waals surface area contributed by atoms with E-state index in [1.807, 2.05) is 0 Å². The molecule has 1 aliphatic rings. The van der Waals surface area contributed by atoms with Gasteiger partial charge in [-0.25, -0.2) is 40.6 Å². The number of benzene rings is 1. The molecule has 1 saturated heterocycles. The Bertz CT molecular complexity index is 1440. The van der Waals surface area contributed by atoms with Gasteiger partial charge in [0.15, 0.2) is 5.78 Å². The third-order valence-electron chi connectivity index (χ3n) is 6.27. The highest BCUT2D eigenvalue weighted by Crippen LogP contribution is 2.35. The molecule has 39 heavy (non-hydrogen) atoms. The fourth-order valence-corrected chi connectivity index (χ4v) is 6.12. The van der Waals surface area contributed by atoms with Gasteiger partial charge in [-0.15, -0.1) is 0 Å². The molecule has 210 valence electrons. The number of carbonyl (C=O) groups excluding carboxylic acids is 1. The van der Waals surface area contributed by atoms with Gasteiger partial charge in [0.1, 0.15) is 23.4 Å². The van der Waals surface area contributed by atoms with E-state index in [1.54, 1.807) is 0 Å². The lowest BCUT2D eigenvalue weighted by atomic mass is 10.0. The summed E-state index contributed by atoms with van der Waals surface area (Å²) in [7, 11) is -4.41. The number of rotatable bonds is 8. The average molecular weight is 579 g/mol. The summed E-state index contributed by atoms with van der Waals surface area (Å²) in [6.07, 6.45) is -8.30. The van der Waals surface area contributed by atoms with Crippen LogP contribution >= 0.6 is 0 Å². The van der Waals surface area contributed by atoms with Crippen molar-refractivity contribution in [1.29, 1.82) is 0 Å². The summed E-state index contributed by atoms with van der Waals surface area (Å²) >= 11 is 0. The van der Waals surface area contributed by atoms with Crippen molar-refractivity contribution in [3.63, 3.8) is 0 Å².